The van der Waals surface area contributed by atoms with E-state index in [2.05, 4.69) is 0 Å². The van der Waals surface area contributed by atoms with E-state index < -0.39 is 11.6 Å². The predicted molar refractivity (Wildman–Crippen MR) is 60.1 cm³/mol. The zero-order valence-electron chi connectivity index (χ0n) is 9.90. The monoisotopic (exact) mass is 224 g/mol. The number of carbonyl (C=O) groups is 1. The number of carboxylic acids is 1. The number of rotatable bonds is 4. The molecule has 0 aromatic heterocycles. The molecule has 16 heavy (non-hydrogen) atoms. The van der Waals surface area contributed by atoms with Crippen LogP contribution >= 0.6 is 0 Å². The second kappa shape index (κ2) is 4.43. The molecule has 0 atom stereocenters. The molecule has 4 nitrogen and oxygen atoms in total. The van der Waals surface area contributed by atoms with Crippen molar-refractivity contribution in [1.82, 2.24) is 0 Å². The Balaban J connectivity index is 2.94. The van der Waals surface area contributed by atoms with Gasteiger partial charge in [0.25, 0.3) is 0 Å². The number of methoxy groups -OCH3 is 1. The molecular weight excluding hydrogens is 208 g/mol. The van der Waals surface area contributed by atoms with Gasteiger partial charge in [-0.2, -0.15) is 0 Å². The van der Waals surface area contributed by atoms with Gasteiger partial charge in [-0.15, -0.1) is 0 Å². The lowest BCUT2D eigenvalue weighted by Crippen LogP contribution is -2.37. The highest BCUT2D eigenvalue weighted by Gasteiger charge is 2.29. The standard InChI is InChI=1S/C12H16O4/c1-8-5-6-9(7-10(8)15-4)16-12(2,3)11(13)14/h5-7H,1-4H3,(H,13,14). The van der Waals surface area contributed by atoms with Gasteiger partial charge in [0, 0.05) is 6.07 Å². The van der Waals surface area contributed by atoms with E-state index in [9.17, 15) is 4.79 Å². The van der Waals surface area contributed by atoms with Gasteiger partial charge >= 0.3 is 5.97 Å². The Morgan fingerprint density at radius 2 is 2.00 bits per heavy atom. The van der Waals surface area contributed by atoms with E-state index >= 15 is 0 Å². The molecule has 0 aliphatic carbocycles. The number of ether oxygens (including phenoxy) is 2. The first-order valence-corrected chi connectivity index (χ1v) is 4.94. The molecular formula is C12H16O4. The fraction of sp³-hybridized carbons (Fsp3) is 0.417. The van der Waals surface area contributed by atoms with Crippen molar-refractivity contribution in [2.24, 2.45) is 0 Å². The first-order valence-electron chi connectivity index (χ1n) is 4.94. The maximum atomic E-state index is 10.9. The van der Waals surface area contributed by atoms with Crippen molar-refractivity contribution in [2.45, 2.75) is 26.4 Å². The molecule has 0 unspecified atom stereocenters. The minimum absolute atomic E-state index is 0.481. The molecule has 0 radical (unpaired) electrons. The van der Waals surface area contributed by atoms with Crippen LogP contribution in [0.5, 0.6) is 11.5 Å². The molecule has 0 saturated heterocycles. The minimum atomic E-state index is -1.25. The lowest BCUT2D eigenvalue weighted by molar-refractivity contribution is -0.152. The SMILES string of the molecule is COc1cc(OC(C)(C)C(=O)O)ccc1C. The second-order valence-corrected chi connectivity index (χ2v) is 4.05. The van der Waals surface area contributed by atoms with Crippen LogP contribution in [0.1, 0.15) is 19.4 Å². The number of benzene rings is 1. The molecule has 0 amide bonds. The van der Waals surface area contributed by atoms with Gasteiger partial charge in [0.2, 0.25) is 0 Å². The fourth-order valence-corrected chi connectivity index (χ4v) is 1.20. The summed E-state index contributed by atoms with van der Waals surface area (Å²) >= 11 is 0. The van der Waals surface area contributed by atoms with E-state index in [0.29, 0.717) is 11.5 Å². The largest absolute Gasteiger partial charge is 0.496 e. The Morgan fingerprint density at radius 3 is 2.50 bits per heavy atom. The molecule has 0 saturated carbocycles. The summed E-state index contributed by atoms with van der Waals surface area (Å²) in [6.07, 6.45) is 0. The molecule has 0 aliphatic heterocycles. The molecule has 0 spiro atoms. The molecule has 1 N–H and O–H groups in total. The molecule has 1 aromatic rings. The highest BCUT2D eigenvalue weighted by atomic mass is 16.5. The summed E-state index contributed by atoms with van der Waals surface area (Å²) in [6, 6.07) is 5.23. The topological polar surface area (TPSA) is 55.8 Å². The third-order valence-corrected chi connectivity index (χ3v) is 2.27. The van der Waals surface area contributed by atoms with E-state index in [1.807, 2.05) is 13.0 Å². The smallest absolute Gasteiger partial charge is 0.347 e. The van der Waals surface area contributed by atoms with Crippen LogP contribution in [0, 0.1) is 6.92 Å². The number of aliphatic carboxylic acids is 1. The highest BCUT2D eigenvalue weighted by molar-refractivity contribution is 5.76. The number of carboxylic acid groups (broad SMARTS) is 1. The van der Waals surface area contributed by atoms with Crippen LogP contribution in [0.2, 0.25) is 0 Å². The molecule has 0 bridgehead atoms. The molecule has 1 aromatic carbocycles. The molecule has 1 rings (SSSR count). The normalized spacial score (nSPS) is 11.0. The average Bonchev–Trinajstić information content (AvgIpc) is 2.20. The van der Waals surface area contributed by atoms with E-state index in [1.165, 1.54) is 13.8 Å². The third kappa shape index (κ3) is 2.66. The molecule has 88 valence electrons. The maximum absolute atomic E-state index is 10.9. The van der Waals surface area contributed by atoms with E-state index in [4.69, 9.17) is 14.6 Å². The molecule has 4 heteroatoms. The van der Waals surface area contributed by atoms with Gasteiger partial charge in [0.05, 0.1) is 7.11 Å². The van der Waals surface area contributed by atoms with Gasteiger partial charge in [-0.1, -0.05) is 6.07 Å². The van der Waals surface area contributed by atoms with Gasteiger partial charge < -0.3 is 14.6 Å². The van der Waals surface area contributed by atoms with Crippen LogP contribution in [-0.4, -0.2) is 23.8 Å². The van der Waals surface area contributed by atoms with E-state index in [-0.39, 0.29) is 0 Å². The number of hydrogen-bond acceptors (Lipinski definition) is 3. The van der Waals surface area contributed by atoms with Crippen LogP contribution in [0.15, 0.2) is 18.2 Å². The predicted octanol–water partition coefficient (Wildman–Crippen LogP) is 2.25. The highest BCUT2D eigenvalue weighted by Crippen LogP contribution is 2.26. The van der Waals surface area contributed by atoms with E-state index in [0.717, 1.165) is 5.56 Å². The van der Waals surface area contributed by atoms with Crippen molar-refractivity contribution in [3.63, 3.8) is 0 Å². The summed E-state index contributed by atoms with van der Waals surface area (Å²) < 4.78 is 10.5. The van der Waals surface area contributed by atoms with Crippen molar-refractivity contribution >= 4 is 5.97 Å². The Bertz CT molecular complexity index is 396. The number of hydrogen-bond donors (Lipinski definition) is 1. The molecule has 0 fully saturated rings. The lowest BCUT2D eigenvalue weighted by atomic mass is 10.1. The summed E-state index contributed by atoms with van der Waals surface area (Å²) in [7, 11) is 1.56. The van der Waals surface area contributed by atoms with Gasteiger partial charge in [-0.05, 0) is 32.4 Å². The first kappa shape index (κ1) is 12.4. The van der Waals surface area contributed by atoms with Gasteiger partial charge in [0.1, 0.15) is 11.5 Å². The van der Waals surface area contributed by atoms with Crippen LogP contribution < -0.4 is 9.47 Å². The number of aryl methyl sites for hydroxylation is 1. The Hall–Kier alpha value is -1.71. The van der Waals surface area contributed by atoms with Crippen molar-refractivity contribution in [3.8, 4) is 11.5 Å². The quantitative estimate of drug-likeness (QED) is 0.852. The van der Waals surface area contributed by atoms with E-state index in [1.54, 1.807) is 19.2 Å². The second-order valence-electron chi connectivity index (χ2n) is 4.05. The van der Waals surface area contributed by atoms with Crippen molar-refractivity contribution in [1.29, 1.82) is 0 Å². The first-order chi connectivity index (χ1) is 7.36. The fourth-order valence-electron chi connectivity index (χ4n) is 1.20. The third-order valence-electron chi connectivity index (χ3n) is 2.27. The molecule has 0 heterocycles. The maximum Gasteiger partial charge on any atom is 0.347 e. The average molecular weight is 224 g/mol. The zero-order valence-corrected chi connectivity index (χ0v) is 9.90. The van der Waals surface area contributed by atoms with Crippen molar-refractivity contribution in [3.05, 3.63) is 23.8 Å². The van der Waals surface area contributed by atoms with Gasteiger partial charge in [-0.3, -0.25) is 0 Å². The van der Waals surface area contributed by atoms with Crippen LogP contribution in [-0.2, 0) is 4.79 Å². The summed E-state index contributed by atoms with van der Waals surface area (Å²) in [5, 5.41) is 8.93. The van der Waals surface area contributed by atoms with Gasteiger partial charge in [0.15, 0.2) is 5.60 Å². The van der Waals surface area contributed by atoms with Crippen LogP contribution in [0.4, 0.5) is 0 Å². The Kier molecular flexibility index (Phi) is 3.42. The van der Waals surface area contributed by atoms with Crippen molar-refractivity contribution in [2.75, 3.05) is 7.11 Å². The minimum Gasteiger partial charge on any atom is -0.496 e. The summed E-state index contributed by atoms with van der Waals surface area (Å²) in [6.45, 7) is 4.91. The summed E-state index contributed by atoms with van der Waals surface area (Å²) in [4.78, 5) is 10.9. The summed E-state index contributed by atoms with van der Waals surface area (Å²) in [5.74, 6) is 0.153. The van der Waals surface area contributed by atoms with Gasteiger partial charge in [-0.25, -0.2) is 4.79 Å². The zero-order chi connectivity index (χ0) is 12.3. The lowest BCUT2D eigenvalue weighted by Gasteiger charge is -2.22. The summed E-state index contributed by atoms with van der Waals surface area (Å²) in [5.41, 5.74) is -0.275. The van der Waals surface area contributed by atoms with Crippen molar-refractivity contribution < 1.29 is 19.4 Å². The van der Waals surface area contributed by atoms with Crippen LogP contribution in [0.25, 0.3) is 0 Å². The van der Waals surface area contributed by atoms with Crippen LogP contribution in [0.3, 0.4) is 0 Å². The molecule has 0 aliphatic rings. The Labute approximate surface area is 94.8 Å². The Morgan fingerprint density at radius 1 is 1.38 bits per heavy atom.